The number of nitrogens with one attached hydrogen (secondary N) is 3. The van der Waals surface area contributed by atoms with Crippen LogP contribution in [0.25, 0.3) is 0 Å². The summed E-state index contributed by atoms with van der Waals surface area (Å²) >= 11 is -1.83. The van der Waals surface area contributed by atoms with Crippen LogP contribution in [0.2, 0.25) is 0 Å². The number of hydrogen-bond acceptors (Lipinski definition) is 18. The van der Waals surface area contributed by atoms with Crippen LogP contribution in [0.3, 0.4) is 0 Å². The number of aliphatic hydroxyl groups is 1. The van der Waals surface area contributed by atoms with Gasteiger partial charge in [-0.15, -0.1) is 0 Å². The van der Waals surface area contributed by atoms with E-state index in [4.69, 9.17) is 23.7 Å². The molecule has 12 rings (SSSR count). The van der Waals surface area contributed by atoms with Crippen LogP contribution in [0.5, 0.6) is 0 Å². The van der Waals surface area contributed by atoms with E-state index in [0.29, 0.717) is 45.8 Å². The van der Waals surface area contributed by atoms with Crippen LogP contribution in [0.1, 0.15) is 64.0 Å². The molecule has 4 N–H and O–H groups in total. The van der Waals surface area contributed by atoms with Gasteiger partial charge in [0.1, 0.15) is 5.60 Å². The zero-order valence-electron chi connectivity index (χ0n) is 40.4. The first-order valence-electron chi connectivity index (χ1n) is 23.9. The number of rotatable bonds is 18. The van der Waals surface area contributed by atoms with Gasteiger partial charge in [-0.1, -0.05) is 0 Å². The summed E-state index contributed by atoms with van der Waals surface area (Å²) in [7, 11) is 8.23. The molecule has 2 aromatic rings. The average Bonchev–Trinajstić information content (AvgIpc) is 4.04. The molecule has 8 fully saturated rings. The Labute approximate surface area is 442 Å². The van der Waals surface area contributed by atoms with E-state index in [2.05, 4.69) is 34.1 Å². The summed E-state index contributed by atoms with van der Waals surface area (Å²) in [5, 5.41) is 19.9. The Bertz CT molecular complexity index is 2600. The molecule has 0 saturated carbocycles. The standard InChI is InChI=1S/C47H57N7O13S4.Sn/c1-41(2,3)67-39(61)49-19-22-64-24-23-63-21-18-48-33(56)17-11-12-20-65-40(62)66-29-47-37(59)53-27-42(30-13-7-6-8-14-30,25-44(53,68-71-47)35(57)52(47)5)43-26-45-36(58)51(4)46(28-55,70-69-45)38(60)54(45)34(43)50-32-16-10-9-15-31(32)43;/h6-10,13,15-16,27,34,50,55H,11-12,17-26,28-29H2,1-5H3,(H,48,56)(H,49,61);/t34-,42-,43+,44+,45+,46+,47+;/m1./s1. The third kappa shape index (κ3) is 7.62. The maximum absolute atomic E-state index is 15.6. The van der Waals surface area contributed by atoms with Gasteiger partial charge in [0.15, 0.2) is 0 Å². The van der Waals surface area contributed by atoms with Gasteiger partial charge in [-0.2, -0.15) is 0 Å². The SMILES string of the molecule is CN1C(=O)[C@@]23C[C@]4([C@]56C[C@@]78SS[C@@](COC(=O)OCCCCC(=O)NCCOCCOCCNC(=O)OC(C)(C)C)(C(=O)N7[C@H]5[Sn][c]5ccccc56)N(C)C8=O)c5ccccc5N[C@@H]4N2C(=O)[C@]1(CO)SS3. The molecule has 25 heteroatoms. The van der Waals surface area contributed by atoms with E-state index < -0.39 is 92.7 Å². The van der Waals surface area contributed by atoms with E-state index >= 15 is 9.59 Å². The van der Waals surface area contributed by atoms with Crippen LogP contribution < -0.4 is 19.5 Å². The van der Waals surface area contributed by atoms with E-state index in [1.165, 1.54) is 56.6 Å². The van der Waals surface area contributed by atoms with E-state index in [-0.39, 0.29) is 62.0 Å². The summed E-state index contributed by atoms with van der Waals surface area (Å²) in [4.78, 5) is 98.4. The molecule has 8 saturated heterocycles. The fourth-order valence-corrected chi connectivity index (χ4v) is 25.6. The molecule has 2 aromatic carbocycles. The third-order valence-corrected chi connectivity index (χ3v) is 27.3. The van der Waals surface area contributed by atoms with Crippen molar-refractivity contribution in [3.8, 4) is 0 Å². The van der Waals surface area contributed by atoms with Gasteiger partial charge in [0.2, 0.25) is 5.91 Å². The molecule has 8 atom stereocenters. The van der Waals surface area contributed by atoms with Crippen molar-refractivity contribution in [1.82, 2.24) is 30.2 Å². The molecule has 2 spiro atoms. The Morgan fingerprint density at radius 1 is 0.736 bits per heavy atom. The number of amides is 6. The van der Waals surface area contributed by atoms with Crippen molar-refractivity contribution >= 4 is 115 Å². The van der Waals surface area contributed by atoms with E-state index in [0.717, 1.165) is 16.8 Å². The van der Waals surface area contributed by atoms with Crippen LogP contribution in [0.4, 0.5) is 15.3 Å². The summed E-state index contributed by atoms with van der Waals surface area (Å²) < 4.78 is 27.9. The number of piperazine rings is 2. The molecule has 10 aliphatic rings. The number of fused-ring (bicyclic) bond motifs is 11. The zero-order chi connectivity index (χ0) is 51.1. The summed E-state index contributed by atoms with van der Waals surface area (Å²) in [5.74, 6) is -1.43. The molecular formula is C47H57N7O13S4Sn. The minimum atomic E-state index is -1.83. The molecule has 0 unspecified atom stereocenters. The van der Waals surface area contributed by atoms with Crippen LogP contribution in [-0.2, 0) is 58.5 Å². The fourth-order valence-electron chi connectivity index (χ4n) is 11.9. The summed E-state index contributed by atoms with van der Waals surface area (Å²) in [6, 6.07) is 16.1. The van der Waals surface area contributed by atoms with Gasteiger partial charge in [-0.25, -0.2) is 4.79 Å². The third-order valence-electron chi connectivity index (χ3n) is 15.0. The van der Waals surface area contributed by atoms with Crippen molar-refractivity contribution in [2.24, 2.45) is 0 Å². The van der Waals surface area contributed by atoms with E-state index in [1.807, 2.05) is 35.2 Å². The molecule has 0 aliphatic carbocycles. The molecule has 386 valence electrons. The molecule has 4 bridgehead atoms. The first-order chi connectivity index (χ1) is 34.4. The van der Waals surface area contributed by atoms with Gasteiger partial charge in [0, 0.05) is 13.1 Å². The van der Waals surface area contributed by atoms with Crippen molar-refractivity contribution < 1.29 is 62.4 Å². The number of alkyl carbamates (subject to hydrolysis) is 1. The number of hydrogen-bond donors (Lipinski definition) is 4. The van der Waals surface area contributed by atoms with Crippen LogP contribution in [0, 0.1) is 0 Å². The predicted octanol–water partition coefficient (Wildman–Crippen LogP) is 2.26. The second kappa shape index (κ2) is 19.1. The monoisotopic (exact) mass is 1180 g/mol. The molecular weight excluding hydrogens is 1120 g/mol. The number of carbonyl (C=O) groups excluding carboxylic acids is 7. The zero-order valence-corrected chi connectivity index (χ0v) is 46.6. The molecule has 6 amide bonds. The number of nitrogens with zero attached hydrogens (tertiary/aromatic N) is 4. The number of ether oxygens (including phenoxy) is 5. The van der Waals surface area contributed by atoms with Crippen molar-refractivity contribution in [2.75, 3.05) is 78.7 Å². The number of unbranched alkanes of at least 4 members (excludes halogenated alkanes) is 1. The minimum absolute atomic E-state index is 0.0284. The number of para-hydroxylation sites is 1. The number of likely N-dealkylation sites (N-methyl/N-ethyl adjacent to an activating group) is 2. The molecule has 10 heterocycles. The second-order valence-corrected chi connectivity index (χ2v) is 29.3. The van der Waals surface area contributed by atoms with Crippen LogP contribution in [-0.4, -0.2) is 196 Å². The van der Waals surface area contributed by atoms with Crippen molar-refractivity contribution in [1.29, 1.82) is 0 Å². The molecule has 20 nitrogen and oxygen atoms in total. The Morgan fingerprint density at radius 3 is 2.06 bits per heavy atom. The van der Waals surface area contributed by atoms with Gasteiger partial charge in [0.25, 0.3) is 0 Å². The predicted molar refractivity (Wildman–Crippen MR) is 270 cm³/mol. The quantitative estimate of drug-likeness (QED) is 0.0726. The Morgan fingerprint density at radius 2 is 1.35 bits per heavy atom. The first kappa shape index (κ1) is 51.7. The molecule has 0 aromatic heterocycles. The second-order valence-electron chi connectivity index (χ2n) is 20.0. The van der Waals surface area contributed by atoms with Crippen molar-refractivity contribution in [3.05, 3.63) is 59.7 Å². The van der Waals surface area contributed by atoms with Crippen molar-refractivity contribution in [3.63, 3.8) is 0 Å². The van der Waals surface area contributed by atoms with Crippen molar-refractivity contribution in [2.45, 2.75) is 99.0 Å². The Balaban J connectivity index is 0.780. The summed E-state index contributed by atoms with van der Waals surface area (Å²) in [6.07, 6.45) is -0.809. The summed E-state index contributed by atoms with van der Waals surface area (Å²) in [5.41, 5.74) is 0.214. The van der Waals surface area contributed by atoms with Gasteiger partial charge < -0.3 is 24.8 Å². The van der Waals surface area contributed by atoms with Gasteiger partial charge in [0.05, 0.1) is 26.4 Å². The van der Waals surface area contributed by atoms with Gasteiger partial charge >= 0.3 is 339 Å². The topological polar surface area (TPSA) is 235 Å². The molecule has 72 heavy (non-hydrogen) atoms. The average molecular weight is 1170 g/mol. The van der Waals surface area contributed by atoms with Gasteiger partial charge in [-0.3, -0.25) is 4.79 Å². The van der Waals surface area contributed by atoms with Crippen LogP contribution >= 0.6 is 43.2 Å². The van der Waals surface area contributed by atoms with E-state index in [1.54, 1.807) is 39.8 Å². The van der Waals surface area contributed by atoms with Gasteiger partial charge in [-0.05, 0) is 20.8 Å². The summed E-state index contributed by atoms with van der Waals surface area (Å²) in [6.45, 7) is 6.14. The number of benzene rings is 2. The number of carbonyl (C=O) groups is 7. The number of aliphatic hydroxyl groups excluding tert-OH is 1. The Hall–Kier alpha value is -3.79. The number of anilines is 1. The normalized spacial score (nSPS) is 32.2. The first-order valence-corrected chi connectivity index (χ1v) is 31.3. The maximum atomic E-state index is 15.6. The fraction of sp³-hybridized carbons (Fsp3) is 0.596. The van der Waals surface area contributed by atoms with E-state index in [9.17, 15) is 29.1 Å². The Kier molecular flexibility index (Phi) is 13.7. The molecule has 2 radical (unpaired) electrons. The molecule has 10 aliphatic heterocycles. The van der Waals surface area contributed by atoms with Crippen LogP contribution in [0.15, 0.2) is 48.5 Å².